The lowest BCUT2D eigenvalue weighted by molar-refractivity contribution is 0.581. The molecule has 2 aromatic rings. The van der Waals surface area contributed by atoms with Gasteiger partial charge in [-0.05, 0) is 48.7 Å². The molecule has 0 amide bonds. The van der Waals surface area contributed by atoms with Crippen molar-refractivity contribution < 1.29 is 8.42 Å². The van der Waals surface area contributed by atoms with E-state index in [1.807, 2.05) is 19.1 Å². The minimum atomic E-state index is -3.57. The first kappa shape index (κ1) is 16.5. The van der Waals surface area contributed by atoms with Crippen LogP contribution in [0.3, 0.4) is 0 Å². The summed E-state index contributed by atoms with van der Waals surface area (Å²) in [6.07, 6.45) is 0. The van der Waals surface area contributed by atoms with Crippen molar-refractivity contribution in [1.82, 2.24) is 4.72 Å². The maximum absolute atomic E-state index is 12.4. The molecule has 4 nitrogen and oxygen atoms in total. The van der Waals surface area contributed by atoms with Crippen LogP contribution in [-0.2, 0) is 23.1 Å². The topological polar surface area (TPSA) is 72.2 Å². The van der Waals surface area contributed by atoms with Gasteiger partial charge in [0.25, 0.3) is 0 Å². The van der Waals surface area contributed by atoms with Crippen molar-refractivity contribution in [2.24, 2.45) is 5.73 Å². The Hall–Kier alpha value is -0.920. The summed E-state index contributed by atoms with van der Waals surface area (Å²) >= 11 is 7.19. The number of hydrogen-bond donors (Lipinski definition) is 2. The van der Waals surface area contributed by atoms with Gasteiger partial charge in [-0.15, -0.1) is 11.3 Å². The summed E-state index contributed by atoms with van der Waals surface area (Å²) in [5.74, 6) is 0. The minimum absolute atomic E-state index is 0.227. The molecule has 0 saturated heterocycles. The first-order chi connectivity index (χ1) is 9.83. The Morgan fingerprint density at radius 2 is 1.95 bits per heavy atom. The van der Waals surface area contributed by atoms with Gasteiger partial charge in [-0.2, -0.15) is 0 Å². The predicted molar refractivity (Wildman–Crippen MR) is 87.2 cm³/mol. The number of benzene rings is 1. The smallest absolute Gasteiger partial charge is 0.241 e. The average molecular weight is 345 g/mol. The van der Waals surface area contributed by atoms with E-state index in [-0.39, 0.29) is 11.4 Å². The molecule has 1 aromatic heterocycles. The van der Waals surface area contributed by atoms with Crippen LogP contribution in [0.2, 0.25) is 4.34 Å². The molecule has 0 unspecified atom stereocenters. The Bertz CT molecular complexity index is 754. The van der Waals surface area contributed by atoms with Crippen LogP contribution in [0.5, 0.6) is 0 Å². The van der Waals surface area contributed by atoms with E-state index in [1.54, 1.807) is 19.1 Å². The van der Waals surface area contributed by atoms with Crippen LogP contribution in [0, 0.1) is 13.8 Å². The van der Waals surface area contributed by atoms with E-state index in [0.717, 1.165) is 16.0 Å². The zero-order chi connectivity index (χ0) is 15.6. The molecular formula is C14H17ClN2O2S2. The number of hydrogen-bond acceptors (Lipinski definition) is 4. The normalized spacial score (nSPS) is 11.8. The number of aryl methyl sites for hydroxylation is 2. The molecule has 0 aliphatic rings. The maximum Gasteiger partial charge on any atom is 0.241 e. The Balaban J connectivity index is 2.27. The third-order valence-electron chi connectivity index (χ3n) is 3.21. The predicted octanol–water partition coefficient (Wildman–Crippen LogP) is 2.96. The first-order valence-corrected chi connectivity index (χ1v) is 9.05. The molecule has 0 atom stereocenters. The molecule has 0 aliphatic carbocycles. The van der Waals surface area contributed by atoms with E-state index in [4.69, 9.17) is 17.3 Å². The minimum Gasteiger partial charge on any atom is -0.326 e. The summed E-state index contributed by atoms with van der Waals surface area (Å²) in [4.78, 5) is 1.14. The summed E-state index contributed by atoms with van der Waals surface area (Å²) in [5, 5.41) is 0. The molecule has 0 radical (unpaired) electrons. The van der Waals surface area contributed by atoms with Gasteiger partial charge in [0.2, 0.25) is 10.0 Å². The van der Waals surface area contributed by atoms with E-state index in [0.29, 0.717) is 16.4 Å². The number of rotatable bonds is 5. The van der Waals surface area contributed by atoms with E-state index in [1.165, 1.54) is 11.3 Å². The lowest BCUT2D eigenvalue weighted by Gasteiger charge is -2.12. The second-order valence-corrected chi connectivity index (χ2v) is 8.31. The van der Waals surface area contributed by atoms with Crippen molar-refractivity contribution in [3.8, 4) is 0 Å². The van der Waals surface area contributed by atoms with Gasteiger partial charge in [-0.1, -0.05) is 17.7 Å². The quantitative estimate of drug-likeness (QED) is 0.875. The number of nitrogens with one attached hydrogen (secondary N) is 1. The Kier molecular flexibility index (Phi) is 5.06. The fourth-order valence-electron chi connectivity index (χ4n) is 2.07. The zero-order valence-electron chi connectivity index (χ0n) is 11.8. The second-order valence-electron chi connectivity index (χ2n) is 4.78. The monoisotopic (exact) mass is 344 g/mol. The van der Waals surface area contributed by atoms with Gasteiger partial charge in [0.05, 0.1) is 9.23 Å². The molecule has 0 saturated carbocycles. The third kappa shape index (κ3) is 3.84. The highest BCUT2D eigenvalue weighted by Gasteiger charge is 2.18. The summed E-state index contributed by atoms with van der Waals surface area (Å²) in [5.41, 5.74) is 8.19. The van der Waals surface area contributed by atoms with Crippen LogP contribution >= 0.6 is 22.9 Å². The second kappa shape index (κ2) is 6.46. The Morgan fingerprint density at radius 1 is 1.24 bits per heavy atom. The fourth-order valence-corrected chi connectivity index (χ4v) is 4.47. The lowest BCUT2D eigenvalue weighted by atomic mass is 10.1. The molecule has 0 fully saturated rings. The molecule has 0 aliphatic heterocycles. The number of nitrogens with two attached hydrogens (primary N) is 1. The maximum atomic E-state index is 12.4. The third-order valence-corrected chi connectivity index (χ3v) is 5.98. The van der Waals surface area contributed by atoms with Crippen molar-refractivity contribution in [3.05, 3.63) is 50.2 Å². The standard InChI is InChI=1S/C14H17ClN2O2S2/c1-9-5-10(2)13(6-11(9)7-16)21(18,19)17-8-12-3-4-14(15)20-12/h3-6,17H,7-8,16H2,1-2H3. The largest absolute Gasteiger partial charge is 0.326 e. The van der Waals surface area contributed by atoms with Gasteiger partial charge in [-0.25, -0.2) is 13.1 Å². The molecule has 7 heteroatoms. The van der Waals surface area contributed by atoms with E-state index < -0.39 is 10.0 Å². The summed E-state index contributed by atoms with van der Waals surface area (Å²) in [7, 11) is -3.57. The van der Waals surface area contributed by atoms with Crippen LogP contribution in [0.1, 0.15) is 21.6 Å². The Labute approximate surface area is 134 Å². The van der Waals surface area contributed by atoms with E-state index in [9.17, 15) is 8.42 Å². The Morgan fingerprint density at radius 3 is 2.52 bits per heavy atom. The van der Waals surface area contributed by atoms with Gasteiger partial charge < -0.3 is 5.73 Å². The van der Waals surface area contributed by atoms with Crippen molar-refractivity contribution in [2.75, 3.05) is 0 Å². The molecule has 0 spiro atoms. The molecule has 2 rings (SSSR count). The highest BCUT2D eigenvalue weighted by atomic mass is 35.5. The van der Waals surface area contributed by atoms with Crippen molar-refractivity contribution in [2.45, 2.75) is 31.8 Å². The van der Waals surface area contributed by atoms with Crippen molar-refractivity contribution >= 4 is 33.0 Å². The molecule has 1 heterocycles. The average Bonchev–Trinajstić information content (AvgIpc) is 2.82. The summed E-state index contributed by atoms with van der Waals surface area (Å²) in [6, 6.07) is 7.05. The molecular weight excluding hydrogens is 328 g/mol. The highest BCUT2D eigenvalue weighted by Crippen LogP contribution is 2.23. The van der Waals surface area contributed by atoms with E-state index >= 15 is 0 Å². The molecule has 114 valence electrons. The number of halogens is 1. The van der Waals surface area contributed by atoms with Crippen LogP contribution in [0.4, 0.5) is 0 Å². The SMILES string of the molecule is Cc1cc(C)c(S(=O)(=O)NCc2ccc(Cl)s2)cc1CN. The zero-order valence-corrected chi connectivity index (χ0v) is 14.2. The molecule has 0 bridgehead atoms. The van der Waals surface area contributed by atoms with Gasteiger partial charge >= 0.3 is 0 Å². The van der Waals surface area contributed by atoms with E-state index in [2.05, 4.69) is 4.72 Å². The van der Waals surface area contributed by atoms with Crippen LogP contribution in [-0.4, -0.2) is 8.42 Å². The molecule has 21 heavy (non-hydrogen) atoms. The summed E-state index contributed by atoms with van der Waals surface area (Å²) in [6.45, 7) is 4.25. The summed E-state index contributed by atoms with van der Waals surface area (Å²) < 4.78 is 28.1. The van der Waals surface area contributed by atoms with Gasteiger partial charge in [-0.3, -0.25) is 0 Å². The van der Waals surface area contributed by atoms with Crippen LogP contribution in [0.25, 0.3) is 0 Å². The van der Waals surface area contributed by atoms with Crippen LogP contribution in [0.15, 0.2) is 29.2 Å². The highest BCUT2D eigenvalue weighted by molar-refractivity contribution is 7.89. The lowest BCUT2D eigenvalue weighted by Crippen LogP contribution is -2.24. The van der Waals surface area contributed by atoms with Crippen molar-refractivity contribution in [3.63, 3.8) is 0 Å². The number of sulfonamides is 1. The first-order valence-electron chi connectivity index (χ1n) is 6.37. The van der Waals surface area contributed by atoms with Gasteiger partial charge in [0.15, 0.2) is 0 Å². The molecule has 3 N–H and O–H groups in total. The number of thiophene rings is 1. The van der Waals surface area contributed by atoms with Crippen molar-refractivity contribution in [1.29, 1.82) is 0 Å². The van der Waals surface area contributed by atoms with Gasteiger partial charge in [0.1, 0.15) is 0 Å². The fraction of sp³-hybridized carbons (Fsp3) is 0.286. The van der Waals surface area contributed by atoms with Crippen LogP contribution < -0.4 is 10.5 Å². The van der Waals surface area contributed by atoms with Gasteiger partial charge in [0, 0.05) is 18.0 Å². The molecule has 1 aromatic carbocycles.